The van der Waals surface area contributed by atoms with Gasteiger partial charge in [-0.3, -0.25) is 4.79 Å². The molecule has 0 atom stereocenters. The summed E-state index contributed by atoms with van der Waals surface area (Å²) >= 11 is 0. The minimum absolute atomic E-state index is 0.426. The van der Waals surface area contributed by atoms with Gasteiger partial charge in [0.15, 0.2) is 16.5 Å². The number of thiol groups is 1. The highest BCUT2D eigenvalue weighted by Crippen LogP contribution is 1.68. The maximum absolute atomic E-state index is 9.59. The van der Waals surface area contributed by atoms with E-state index in [1.54, 1.807) is 0 Å². The maximum atomic E-state index is 9.59. The lowest BCUT2D eigenvalue weighted by molar-refractivity contribution is -0.114. The van der Waals surface area contributed by atoms with E-state index in [1.807, 2.05) is 0 Å². The van der Waals surface area contributed by atoms with E-state index in [9.17, 15) is 13.2 Å². The minimum atomic E-state index is -2.74. The quantitative estimate of drug-likeness (QED) is 0.426. The molecule has 0 spiro atoms. The number of hydrogen-bond acceptors (Lipinski definition) is 3. The highest BCUT2D eigenvalue weighted by Gasteiger charge is 1.92. The molecule has 0 saturated heterocycles. The zero-order chi connectivity index (χ0) is 5.86. The number of amides is 1. The monoisotopic (exact) mass is 122 g/mol. The Morgan fingerprint density at radius 3 is 2.00 bits per heavy atom. The predicted molar refractivity (Wildman–Crippen MR) is 23.8 cm³/mol. The molecular weight excluding hydrogens is 118 g/mol. The molecule has 0 aliphatic rings. The van der Waals surface area contributed by atoms with Crippen LogP contribution in [0.1, 0.15) is 0 Å². The molecule has 1 amide bonds. The summed E-state index contributed by atoms with van der Waals surface area (Å²) in [5.41, 5.74) is 4.42. The van der Waals surface area contributed by atoms with Crippen LogP contribution in [0, 0.1) is 5.75 Å². The Balaban J connectivity index is 3.53. The van der Waals surface area contributed by atoms with Crippen molar-refractivity contribution in [3.63, 3.8) is 0 Å². The van der Waals surface area contributed by atoms with Gasteiger partial charge in [-0.15, -0.1) is 0 Å². The lowest BCUT2D eigenvalue weighted by Crippen LogP contribution is -2.10. The fourth-order valence-corrected chi connectivity index (χ4v) is 0.312. The van der Waals surface area contributed by atoms with Gasteiger partial charge < -0.3 is 5.73 Å². The first-order chi connectivity index (χ1) is 3.13. The molecule has 5 heteroatoms. The van der Waals surface area contributed by atoms with E-state index in [2.05, 4.69) is 5.73 Å². The first kappa shape index (κ1) is 6.42. The molecule has 0 aromatic heterocycles. The summed E-state index contributed by atoms with van der Waals surface area (Å²) in [4.78, 5) is 9.59. The van der Waals surface area contributed by atoms with Gasteiger partial charge in [0, 0.05) is 0 Å². The number of nitrogens with two attached hydrogens (primary N) is 1. The third kappa shape index (κ3) is 5.42. The Morgan fingerprint density at radius 2 is 2.00 bits per heavy atom. The van der Waals surface area contributed by atoms with Crippen LogP contribution in [0.2, 0.25) is 0 Å². The van der Waals surface area contributed by atoms with E-state index in [-0.39, 0.29) is 0 Å². The van der Waals surface area contributed by atoms with Crippen molar-refractivity contribution in [2.75, 3.05) is 0 Å². The van der Waals surface area contributed by atoms with Crippen LogP contribution in [0.15, 0.2) is 0 Å². The molecule has 0 fully saturated rings. The zero-order valence-electron chi connectivity index (χ0n) is 3.33. The molecule has 41 valence electrons. The second kappa shape index (κ2) is 2.57. The molecule has 1 radical (unpaired) electrons. The van der Waals surface area contributed by atoms with Gasteiger partial charge in [0.05, 0.1) is 0 Å². The normalized spacial score (nSPS) is 9.29. The van der Waals surface area contributed by atoms with Crippen LogP contribution in [0.4, 0.5) is 0 Å². The topological polar surface area (TPSA) is 77.2 Å². The molecular formula is C2H4NO3S. The summed E-state index contributed by atoms with van der Waals surface area (Å²) in [6, 6.07) is 0. The molecule has 4 nitrogen and oxygen atoms in total. The van der Waals surface area contributed by atoms with Crippen LogP contribution < -0.4 is 5.73 Å². The second-order valence-corrected chi connectivity index (χ2v) is 1.65. The number of carbonyl (C=O) groups is 1. The minimum Gasteiger partial charge on any atom is -0.369 e. The van der Waals surface area contributed by atoms with Gasteiger partial charge in [0.25, 0.3) is 0 Å². The van der Waals surface area contributed by atoms with E-state index in [0.717, 1.165) is 0 Å². The van der Waals surface area contributed by atoms with Crippen LogP contribution >= 0.6 is 0 Å². The van der Waals surface area contributed by atoms with Crippen molar-refractivity contribution < 1.29 is 13.2 Å². The van der Waals surface area contributed by atoms with E-state index in [0.29, 0.717) is 5.75 Å². The van der Waals surface area contributed by atoms with Crippen molar-refractivity contribution in [1.29, 1.82) is 0 Å². The van der Waals surface area contributed by atoms with Gasteiger partial charge in [-0.2, -0.15) is 0 Å². The van der Waals surface area contributed by atoms with E-state index < -0.39 is 16.6 Å². The Bertz CT molecular complexity index is 130. The largest absolute Gasteiger partial charge is 0.369 e. The van der Waals surface area contributed by atoms with Crippen LogP contribution in [0.5, 0.6) is 0 Å². The van der Waals surface area contributed by atoms with Crippen molar-refractivity contribution in [1.82, 2.24) is 0 Å². The van der Waals surface area contributed by atoms with Gasteiger partial charge in [-0.05, 0) is 0 Å². The standard InChI is InChI=1S/C2H4NO3S/c3-2(4)1-7(5)6/h1,7H,(H2,3,4). The summed E-state index contributed by atoms with van der Waals surface area (Å²) in [5.74, 6) is -0.508. The Labute approximate surface area is 42.3 Å². The van der Waals surface area contributed by atoms with Crippen LogP contribution in [0.3, 0.4) is 0 Å². The Kier molecular flexibility index (Phi) is 2.36. The number of primary amides is 1. The smallest absolute Gasteiger partial charge is 0.237 e. The van der Waals surface area contributed by atoms with Crippen molar-refractivity contribution in [3.8, 4) is 0 Å². The molecule has 0 bridgehead atoms. The zero-order valence-corrected chi connectivity index (χ0v) is 4.22. The number of rotatable bonds is 2. The number of carbonyl (C=O) groups excluding carboxylic acids is 1. The Hall–Kier alpha value is -0.580. The highest BCUT2D eigenvalue weighted by molar-refractivity contribution is 7.75. The summed E-state index contributed by atoms with van der Waals surface area (Å²) < 4.78 is 19.0. The Morgan fingerprint density at radius 1 is 1.57 bits per heavy atom. The van der Waals surface area contributed by atoms with Gasteiger partial charge in [0.2, 0.25) is 5.91 Å². The summed E-state index contributed by atoms with van der Waals surface area (Å²) in [6.45, 7) is 0. The average molecular weight is 122 g/mol. The molecule has 0 heterocycles. The van der Waals surface area contributed by atoms with Crippen LogP contribution in [-0.4, -0.2) is 14.3 Å². The third-order valence-electron chi connectivity index (χ3n) is 0.233. The van der Waals surface area contributed by atoms with E-state index in [4.69, 9.17) is 0 Å². The molecule has 0 aromatic carbocycles. The predicted octanol–water partition coefficient (Wildman–Crippen LogP) is -1.76. The van der Waals surface area contributed by atoms with Crippen molar-refractivity contribution in [3.05, 3.63) is 5.75 Å². The van der Waals surface area contributed by atoms with Gasteiger partial charge in [-0.25, -0.2) is 8.42 Å². The first-order valence-corrected chi connectivity index (χ1v) is 2.65. The SMILES string of the molecule is NC(=O)[CH][SH](=O)=O. The molecule has 0 saturated carbocycles. The summed E-state index contributed by atoms with van der Waals surface area (Å²) in [7, 11) is -2.74. The summed E-state index contributed by atoms with van der Waals surface area (Å²) in [5, 5.41) is 0. The van der Waals surface area contributed by atoms with Crippen molar-refractivity contribution >= 4 is 16.6 Å². The summed E-state index contributed by atoms with van der Waals surface area (Å²) in [6.07, 6.45) is 0. The molecule has 2 N–H and O–H groups in total. The third-order valence-corrected chi connectivity index (χ3v) is 0.698. The van der Waals surface area contributed by atoms with Gasteiger partial charge >= 0.3 is 0 Å². The molecule has 0 aromatic rings. The fourth-order valence-electron chi connectivity index (χ4n) is 0.104. The molecule has 0 aliphatic heterocycles. The first-order valence-electron chi connectivity index (χ1n) is 1.40. The molecule has 0 aliphatic carbocycles. The van der Waals surface area contributed by atoms with E-state index in [1.165, 1.54) is 0 Å². The van der Waals surface area contributed by atoms with Crippen LogP contribution in [0.25, 0.3) is 0 Å². The lowest BCUT2D eigenvalue weighted by Gasteiger charge is -1.74. The number of hydrogen-bond donors (Lipinski definition) is 2. The average Bonchev–Trinajstić information content (AvgIpc) is 1.27. The second-order valence-electron chi connectivity index (χ2n) is 0.817. The van der Waals surface area contributed by atoms with Crippen molar-refractivity contribution in [2.24, 2.45) is 5.73 Å². The van der Waals surface area contributed by atoms with Crippen LogP contribution in [-0.2, 0) is 15.5 Å². The van der Waals surface area contributed by atoms with Gasteiger partial charge in [-0.1, -0.05) is 0 Å². The molecule has 0 unspecified atom stereocenters. The van der Waals surface area contributed by atoms with Gasteiger partial charge in [0.1, 0.15) is 0 Å². The van der Waals surface area contributed by atoms with E-state index >= 15 is 0 Å². The molecule has 0 rings (SSSR count). The fraction of sp³-hybridized carbons (Fsp3) is 0. The van der Waals surface area contributed by atoms with Crippen molar-refractivity contribution in [2.45, 2.75) is 0 Å². The lowest BCUT2D eigenvalue weighted by atomic mass is 10.8. The highest BCUT2D eigenvalue weighted by atomic mass is 32.2. The maximum Gasteiger partial charge on any atom is 0.237 e. The molecule has 7 heavy (non-hydrogen) atoms.